The Hall–Kier alpha value is -2.49. The highest BCUT2D eigenvalue weighted by molar-refractivity contribution is 5.99. The first kappa shape index (κ1) is 24.6. The highest BCUT2D eigenvalue weighted by Crippen LogP contribution is 2.32. The summed E-state index contributed by atoms with van der Waals surface area (Å²) in [7, 11) is 3.67. The molecule has 2 amide bonds. The predicted molar refractivity (Wildman–Crippen MR) is 128 cm³/mol. The van der Waals surface area contributed by atoms with Crippen LogP contribution in [-0.4, -0.2) is 105 Å². The van der Waals surface area contributed by atoms with E-state index in [4.69, 9.17) is 9.47 Å². The molecule has 3 fully saturated rings. The van der Waals surface area contributed by atoms with Crippen LogP contribution in [0.25, 0.3) is 0 Å². The fourth-order valence-electron chi connectivity index (χ4n) is 4.96. The maximum atomic E-state index is 13.6. The zero-order valence-corrected chi connectivity index (χ0v) is 20.7. The number of nitrogens with one attached hydrogen (secondary N) is 1. The number of ether oxygens (including phenoxy) is 2. The van der Waals surface area contributed by atoms with Gasteiger partial charge in [-0.25, -0.2) is 0 Å². The van der Waals surface area contributed by atoms with Crippen molar-refractivity contribution < 1.29 is 23.9 Å². The van der Waals surface area contributed by atoms with E-state index in [2.05, 4.69) is 22.2 Å². The summed E-state index contributed by atoms with van der Waals surface area (Å²) in [5.41, 5.74) is 1.02. The second-order valence-electron chi connectivity index (χ2n) is 10.6. The SMILES string of the molecule is CO[C@@H]1CN(C(=O)[C@@H](NC(=O)c2ccc(N3CCN(C)CC3)cc2)C(C)(C)C)[C@@H]2C(=O)CO[C@@H]21. The molecule has 186 valence electrons. The van der Waals surface area contributed by atoms with Crippen molar-refractivity contribution in [1.82, 2.24) is 15.1 Å². The summed E-state index contributed by atoms with van der Waals surface area (Å²) in [6.07, 6.45) is -0.821. The van der Waals surface area contributed by atoms with Crippen LogP contribution in [0.4, 0.5) is 5.69 Å². The van der Waals surface area contributed by atoms with Crippen LogP contribution in [0.1, 0.15) is 31.1 Å². The van der Waals surface area contributed by atoms with Crippen LogP contribution >= 0.6 is 0 Å². The van der Waals surface area contributed by atoms with E-state index < -0.39 is 23.6 Å². The third-order valence-electron chi connectivity index (χ3n) is 7.11. The van der Waals surface area contributed by atoms with E-state index in [-0.39, 0.29) is 36.9 Å². The van der Waals surface area contributed by atoms with Gasteiger partial charge in [0.05, 0.1) is 6.54 Å². The van der Waals surface area contributed by atoms with Gasteiger partial charge in [0.25, 0.3) is 5.91 Å². The Labute approximate surface area is 201 Å². The third kappa shape index (κ3) is 4.82. The average molecular weight is 473 g/mol. The van der Waals surface area contributed by atoms with Crippen molar-refractivity contribution in [2.75, 3.05) is 58.4 Å². The Bertz CT molecular complexity index is 920. The van der Waals surface area contributed by atoms with Crippen LogP contribution in [0.5, 0.6) is 0 Å². The molecule has 3 aliphatic heterocycles. The molecule has 0 aliphatic carbocycles. The zero-order valence-electron chi connectivity index (χ0n) is 20.7. The molecule has 0 saturated carbocycles. The molecule has 1 aromatic carbocycles. The topological polar surface area (TPSA) is 91.4 Å². The lowest BCUT2D eigenvalue weighted by atomic mass is 9.85. The van der Waals surface area contributed by atoms with Gasteiger partial charge in [-0.05, 0) is 36.7 Å². The Balaban J connectivity index is 1.48. The normalized spacial score (nSPS) is 26.5. The molecule has 1 aromatic rings. The number of amides is 2. The Morgan fingerprint density at radius 1 is 1.12 bits per heavy atom. The molecule has 4 rings (SSSR count). The van der Waals surface area contributed by atoms with Crippen LogP contribution in [0.3, 0.4) is 0 Å². The van der Waals surface area contributed by atoms with E-state index in [0.717, 1.165) is 31.9 Å². The van der Waals surface area contributed by atoms with Crippen molar-refractivity contribution in [2.45, 2.75) is 45.1 Å². The maximum Gasteiger partial charge on any atom is 0.251 e. The first-order chi connectivity index (χ1) is 16.1. The standard InChI is InChI=1S/C25H36N4O5/c1-25(2,3)22(24(32)29-14-19(33-5)21-20(29)18(30)15-34-21)26-23(31)16-6-8-17(9-7-16)28-12-10-27(4)11-13-28/h6-9,19-22H,10-15H2,1-5H3,(H,26,31)/t19-,20-,21-,22-/m1/s1. The summed E-state index contributed by atoms with van der Waals surface area (Å²) in [4.78, 5) is 45.4. The number of nitrogens with zero attached hydrogens (tertiary/aromatic N) is 3. The lowest BCUT2D eigenvalue weighted by molar-refractivity contribution is -0.140. The molecule has 34 heavy (non-hydrogen) atoms. The lowest BCUT2D eigenvalue weighted by Gasteiger charge is -2.35. The Kier molecular flexibility index (Phi) is 6.98. The number of benzene rings is 1. The monoisotopic (exact) mass is 472 g/mol. The number of likely N-dealkylation sites (tertiary alicyclic amines) is 1. The Morgan fingerprint density at radius 2 is 1.76 bits per heavy atom. The minimum Gasteiger partial charge on any atom is -0.377 e. The van der Waals surface area contributed by atoms with Crippen LogP contribution < -0.4 is 10.2 Å². The largest absolute Gasteiger partial charge is 0.377 e. The first-order valence-electron chi connectivity index (χ1n) is 11.9. The molecule has 0 aromatic heterocycles. The number of rotatable bonds is 5. The number of likely N-dealkylation sites (N-methyl/N-ethyl adjacent to an activating group) is 1. The van der Waals surface area contributed by atoms with Gasteiger partial charge in [-0.3, -0.25) is 14.4 Å². The van der Waals surface area contributed by atoms with Gasteiger partial charge >= 0.3 is 0 Å². The molecule has 3 saturated heterocycles. The van der Waals surface area contributed by atoms with Gasteiger partial charge in [-0.2, -0.15) is 0 Å². The number of ketones is 1. The number of hydrogen-bond acceptors (Lipinski definition) is 7. The molecule has 9 heteroatoms. The number of carbonyl (C=O) groups is 3. The van der Waals surface area contributed by atoms with Crippen LogP contribution in [0.15, 0.2) is 24.3 Å². The van der Waals surface area contributed by atoms with Crippen LogP contribution in [0, 0.1) is 5.41 Å². The number of Topliss-reactive ketones (excluding diaryl/α,β-unsaturated/α-hetero) is 1. The van der Waals surface area contributed by atoms with Crippen molar-refractivity contribution in [2.24, 2.45) is 5.41 Å². The van der Waals surface area contributed by atoms with Gasteiger partial charge in [0.15, 0.2) is 5.78 Å². The van der Waals surface area contributed by atoms with E-state index in [9.17, 15) is 14.4 Å². The summed E-state index contributed by atoms with van der Waals surface area (Å²) in [6.45, 7) is 9.86. The van der Waals surface area contributed by atoms with E-state index in [1.165, 1.54) is 4.90 Å². The molecule has 0 spiro atoms. The van der Waals surface area contributed by atoms with Gasteiger partial charge in [0, 0.05) is 44.5 Å². The molecule has 0 bridgehead atoms. The van der Waals surface area contributed by atoms with E-state index in [0.29, 0.717) is 5.56 Å². The predicted octanol–water partition coefficient (Wildman–Crippen LogP) is 0.777. The minimum absolute atomic E-state index is 0.0226. The quantitative estimate of drug-likeness (QED) is 0.677. The number of hydrogen-bond donors (Lipinski definition) is 1. The fourth-order valence-corrected chi connectivity index (χ4v) is 4.96. The summed E-state index contributed by atoms with van der Waals surface area (Å²) < 4.78 is 11.1. The van der Waals surface area contributed by atoms with Gasteiger partial charge < -0.3 is 29.5 Å². The molecule has 0 radical (unpaired) electrons. The number of carbonyl (C=O) groups excluding carboxylic acids is 3. The molecule has 4 atom stereocenters. The first-order valence-corrected chi connectivity index (χ1v) is 11.9. The van der Waals surface area contributed by atoms with Crippen molar-refractivity contribution in [1.29, 1.82) is 0 Å². The average Bonchev–Trinajstić information content (AvgIpc) is 3.37. The molecule has 1 N–H and O–H groups in total. The molecule has 0 unspecified atom stereocenters. The van der Waals surface area contributed by atoms with Gasteiger partial charge in [0.1, 0.15) is 30.9 Å². The maximum absolute atomic E-state index is 13.6. The van der Waals surface area contributed by atoms with Gasteiger partial charge in [0.2, 0.25) is 5.91 Å². The molecular formula is C25H36N4O5. The second-order valence-corrected chi connectivity index (χ2v) is 10.6. The number of piperazine rings is 1. The molecule has 3 heterocycles. The summed E-state index contributed by atoms with van der Waals surface area (Å²) in [5.74, 6) is -0.731. The van der Waals surface area contributed by atoms with Crippen molar-refractivity contribution >= 4 is 23.3 Å². The van der Waals surface area contributed by atoms with Crippen molar-refractivity contribution in [3.05, 3.63) is 29.8 Å². The molecular weight excluding hydrogens is 436 g/mol. The second kappa shape index (κ2) is 9.64. The van der Waals surface area contributed by atoms with E-state index >= 15 is 0 Å². The molecule has 3 aliphatic rings. The number of fused-ring (bicyclic) bond motifs is 1. The van der Waals surface area contributed by atoms with Crippen molar-refractivity contribution in [3.63, 3.8) is 0 Å². The number of anilines is 1. The summed E-state index contributed by atoms with van der Waals surface area (Å²) in [6, 6.07) is 6.04. The zero-order chi connectivity index (χ0) is 24.6. The fraction of sp³-hybridized carbons (Fsp3) is 0.640. The van der Waals surface area contributed by atoms with E-state index in [1.807, 2.05) is 32.9 Å². The van der Waals surface area contributed by atoms with Crippen LogP contribution in [-0.2, 0) is 19.1 Å². The molecule has 9 nitrogen and oxygen atoms in total. The Morgan fingerprint density at radius 3 is 2.35 bits per heavy atom. The van der Waals surface area contributed by atoms with E-state index in [1.54, 1.807) is 19.2 Å². The number of methoxy groups -OCH3 is 1. The van der Waals surface area contributed by atoms with Crippen LogP contribution in [0.2, 0.25) is 0 Å². The highest BCUT2D eigenvalue weighted by Gasteiger charge is 2.54. The van der Waals surface area contributed by atoms with Gasteiger partial charge in [-0.15, -0.1) is 0 Å². The van der Waals surface area contributed by atoms with Gasteiger partial charge in [-0.1, -0.05) is 20.8 Å². The third-order valence-corrected chi connectivity index (χ3v) is 7.11. The van der Waals surface area contributed by atoms with Crippen molar-refractivity contribution in [3.8, 4) is 0 Å². The summed E-state index contributed by atoms with van der Waals surface area (Å²) >= 11 is 0. The lowest BCUT2D eigenvalue weighted by Crippen LogP contribution is -2.57. The highest BCUT2D eigenvalue weighted by atomic mass is 16.5. The smallest absolute Gasteiger partial charge is 0.251 e. The minimum atomic E-state index is -0.804. The summed E-state index contributed by atoms with van der Waals surface area (Å²) in [5, 5.41) is 2.94.